The van der Waals surface area contributed by atoms with Crippen LogP contribution in [0.2, 0.25) is 0 Å². The van der Waals surface area contributed by atoms with E-state index in [1.807, 2.05) is 13.8 Å². The number of nitrogens with zero attached hydrogens (tertiary/aromatic N) is 2. The van der Waals surface area contributed by atoms with Crippen LogP contribution in [0.3, 0.4) is 0 Å². The fourth-order valence-electron chi connectivity index (χ4n) is 1.67. The SMILES string of the molecule is Cc1n[nH]c(C)c1NC(=O)CN(C)CC(C)O. The van der Waals surface area contributed by atoms with E-state index in [0.29, 0.717) is 6.54 Å². The fraction of sp³-hybridized carbons (Fsp3) is 0.636. The lowest BCUT2D eigenvalue weighted by molar-refractivity contribution is -0.117. The predicted octanol–water partition coefficient (Wildman–Crippen LogP) is 0.278. The molecule has 1 aromatic rings. The lowest BCUT2D eigenvalue weighted by Crippen LogP contribution is -2.34. The first kappa shape index (κ1) is 13.7. The lowest BCUT2D eigenvalue weighted by Gasteiger charge is -2.17. The zero-order chi connectivity index (χ0) is 13.0. The van der Waals surface area contributed by atoms with Crippen molar-refractivity contribution in [3.05, 3.63) is 11.4 Å². The van der Waals surface area contributed by atoms with Crippen LogP contribution < -0.4 is 5.32 Å². The summed E-state index contributed by atoms with van der Waals surface area (Å²) in [5.74, 6) is -0.110. The van der Waals surface area contributed by atoms with E-state index in [-0.39, 0.29) is 12.5 Å². The van der Waals surface area contributed by atoms with Crippen LogP contribution in [-0.2, 0) is 4.79 Å². The van der Waals surface area contributed by atoms with Crippen LogP contribution in [0.1, 0.15) is 18.3 Å². The quantitative estimate of drug-likeness (QED) is 0.690. The molecule has 1 amide bonds. The number of nitrogens with one attached hydrogen (secondary N) is 2. The van der Waals surface area contributed by atoms with Gasteiger partial charge >= 0.3 is 0 Å². The number of anilines is 1. The molecular weight excluding hydrogens is 220 g/mol. The van der Waals surface area contributed by atoms with Crippen molar-refractivity contribution >= 4 is 11.6 Å². The molecule has 6 heteroatoms. The Kier molecular flexibility index (Phi) is 4.65. The van der Waals surface area contributed by atoms with Crippen LogP contribution in [0.25, 0.3) is 0 Å². The molecule has 1 heterocycles. The standard InChI is InChI=1S/C11H20N4O2/c1-7(16)5-15(4)6-10(17)12-11-8(2)13-14-9(11)3/h7,16H,5-6H2,1-4H3,(H,12,17)(H,13,14). The van der Waals surface area contributed by atoms with E-state index in [0.717, 1.165) is 17.1 Å². The summed E-state index contributed by atoms with van der Waals surface area (Å²) in [4.78, 5) is 13.5. The number of aryl methyl sites for hydroxylation is 2. The van der Waals surface area contributed by atoms with E-state index in [2.05, 4.69) is 15.5 Å². The third-order valence-electron chi connectivity index (χ3n) is 2.38. The molecule has 3 N–H and O–H groups in total. The fourth-order valence-corrected chi connectivity index (χ4v) is 1.67. The molecule has 0 saturated heterocycles. The Morgan fingerprint density at radius 2 is 2.24 bits per heavy atom. The minimum atomic E-state index is -0.440. The molecule has 0 fully saturated rings. The Morgan fingerprint density at radius 1 is 1.59 bits per heavy atom. The summed E-state index contributed by atoms with van der Waals surface area (Å²) in [6.45, 7) is 6.10. The van der Waals surface area contributed by atoms with Gasteiger partial charge in [0, 0.05) is 6.54 Å². The molecule has 0 aliphatic heterocycles. The molecule has 0 aliphatic carbocycles. The minimum absolute atomic E-state index is 0.110. The number of amides is 1. The van der Waals surface area contributed by atoms with E-state index >= 15 is 0 Å². The van der Waals surface area contributed by atoms with Crippen molar-refractivity contribution in [3.63, 3.8) is 0 Å². The first-order valence-corrected chi connectivity index (χ1v) is 5.58. The molecule has 6 nitrogen and oxygen atoms in total. The summed E-state index contributed by atoms with van der Waals surface area (Å²) >= 11 is 0. The van der Waals surface area contributed by atoms with Crippen molar-refractivity contribution in [2.75, 3.05) is 25.5 Å². The second-order valence-electron chi connectivity index (χ2n) is 4.40. The highest BCUT2D eigenvalue weighted by atomic mass is 16.3. The van der Waals surface area contributed by atoms with Gasteiger partial charge in [0.1, 0.15) is 0 Å². The number of hydrogen-bond acceptors (Lipinski definition) is 4. The van der Waals surface area contributed by atoms with Crippen molar-refractivity contribution in [1.29, 1.82) is 0 Å². The number of aromatic nitrogens is 2. The number of carbonyl (C=O) groups is 1. The van der Waals surface area contributed by atoms with Gasteiger partial charge < -0.3 is 10.4 Å². The monoisotopic (exact) mass is 240 g/mol. The molecule has 17 heavy (non-hydrogen) atoms. The van der Waals surface area contributed by atoms with E-state index in [1.54, 1.807) is 18.9 Å². The normalized spacial score (nSPS) is 12.8. The Bertz CT molecular complexity index is 367. The molecule has 0 aromatic carbocycles. The maximum atomic E-state index is 11.7. The highest BCUT2D eigenvalue weighted by Crippen LogP contribution is 2.15. The van der Waals surface area contributed by atoms with Crippen LogP contribution in [0.15, 0.2) is 0 Å². The number of aliphatic hydroxyl groups is 1. The Hall–Kier alpha value is -1.40. The zero-order valence-electron chi connectivity index (χ0n) is 10.7. The molecular formula is C11H20N4O2. The molecule has 1 atom stereocenters. The maximum absolute atomic E-state index is 11.7. The molecule has 1 unspecified atom stereocenters. The van der Waals surface area contributed by atoms with Crippen LogP contribution in [0, 0.1) is 13.8 Å². The van der Waals surface area contributed by atoms with Gasteiger partial charge in [-0.25, -0.2) is 0 Å². The van der Waals surface area contributed by atoms with Gasteiger partial charge in [-0.15, -0.1) is 0 Å². The number of likely N-dealkylation sites (N-methyl/N-ethyl adjacent to an activating group) is 1. The minimum Gasteiger partial charge on any atom is -0.392 e. The van der Waals surface area contributed by atoms with E-state index < -0.39 is 6.10 Å². The predicted molar refractivity (Wildman–Crippen MR) is 65.9 cm³/mol. The molecule has 0 bridgehead atoms. The third kappa shape index (κ3) is 4.16. The smallest absolute Gasteiger partial charge is 0.238 e. The summed E-state index contributed by atoms with van der Waals surface area (Å²) in [6, 6.07) is 0. The van der Waals surface area contributed by atoms with Crippen LogP contribution in [0.5, 0.6) is 0 Å². The molecule has 0 radical (unpaired) electrons. The van der Waals surface area contributed by atoms with Crippen LogP contribution >= 0.6 is 0 Å². The largest absolute Gasteiger partial charge is 0.392 e. The average Bonchev–Trinajstić information content (AvgIpc) is 2.47. The topological polar surface area (TPSA) is 81.2 Å². The van der Waals surface area contributed by atoms with Gasteiger partial charge in [-0.3, -0.25) is 14.8 Å². The molecule has 0 spiro atoms. The summed E-state index contributed by atoms with van der Waals surface area (Å²) in [6.07, 6.45) is -0.440. The third-order valence-corrected chi connectivity index (χ3v) is 2.38. The van der Waals surface area contributed by atoms with Crippen molar-refractivity contribution in [1.82, 2.24) is 15.1 Å². The number of H-pyrrole nitrogens is 1. The number of rotatable bonds is 5. The number of hydrogen-bond donors (Lipinski definition) is 3. The van der Waals surface area contributed by atoms with E-state index in [1.165, 1.54) is 0 Å². The van der Waals surface area contributed by atoms with Gasteiger partial charge in [-0.1, -0.05) is 0 Å². The van der Waals surface area contributed by atoms with Gasteiger partial charge in [0.2, 0.25) is 5.91 Å². The second kappa shape index (κ2) is 5.79. The van der Waals surface area contributed by atoms with Crippen molar-refractivity contribution < 1.29 is 9.90 Å². The Balaban J connectivity index is 2.50. The maximum Gasteiger partial charge on any atom is 0.238 e. The lowest BCUT2D eigenvalue weighted by atomic mass is 10.3. The van der Waals surface area contributed by atoms with Crippen molar-refractivity contribution in [2.24, 2.45) is 0 Å². The summed E-state index contributed by atoms with van der Waals surface area (Å²) < 4.78 is 0. The zero-order valence-corrected chi connectivity index (χ0v) is 10.7. The molecule has 96 valence electrons. The van der Waals surface area contributed by atoms with Gasteiger partial charge in [0.15, 0.2) is 0 Å². The first-order chi connectivity index (χ1) is 7.90. The number of carbonyl (C=O) groups excluding carboxylic acids is 1. The summed E-state index contributed by atoms with van der Waals surface area (Å²) in [5.41, 5.74) is 2.35. The van der Waals surface area contributed by atoms with Crippen LogP contribution in [-0.4, -0.2) is 52.4 Å². The highest BCUT2D eigenvalue weighted by Gasteiger charge is 2.12. The van der Waals surface area contributed by atoms with Crippen molar-refractivity contribution in [2.45, 2.75) is 26.9 Å². The Labute approximate surface area is 101 Å². The van der Waals surface area contributed by atoms with Gasteiger partial charge in [-0.2, -0.15) is 5.10 Å². The molecule has 0 aliphatic rings. The van der Waals surface area contributed by atoms with E-state index in [4.69, 9.17) is 0 Å². The first-order valence-electron chi connectivity index (χ1n) is 5.58. The summed E-state index contributed by atoms with van der Waals surface area (Å²) in [5, 5.41) is 18.8. The van der Waals surface area contributed by atoms with Crippen LogP contribution in [0.4, 0.5) is 5.69 Å². The number of aliphatic hydroxyl groups excluding tert-OH is 1. The highest BCUT2D eigenvalue weighted by molar-refractivity contribution is 5.93. The number of aromatic amines is 1. The van der Waals surface area contributed by atoms with E-state index in [9.17, 15) is 9.90 Å². The van der Waals surface area contributed by atoms with Gasteiger partial charge in [0.05, 0.1) is 29.7 Å². The molecule has 0 saturated carbocycles. The average molecular weight is 240 g/mol. The summed E-state index contributed by atoms with van der Waals surface area (Å²) in [7, 11) is 1.79. The molecule has 1 aromatic heterocycles. The Morgan fingerprint density at radius 3 is 2.71 bits per heavy atom. The van der Waals surface area contributed by atoms with Gasteiger partial charge in [0.25, 0.3) is 0 Å². The van der Waals surface area contributed by atoms with Gasteiger partial charge in [-0.05, 0) is 27.8 Å². The second-order valence-corrected chi connectivity index (χ2v) is 4.40. The van der Waals surface area contributed by atoms with Crippen molar-refractivity contribution in [3.8, 4) is 0 Å². The molecule has 1 rings (SSSR count).